The molecule has 14 heavy (non-hydrogen) atoms. The van der Waals surface area contributed by atoms with Crippen LogP contribution in [0, 0.1) is 5.41 Å². The number of hydrogen-bond donors (Lipinski definition) is 1. The highest BCUT2D eigenvalue weighted by atomic mass is 35.5. The molecule has 1 saturated carbocycles. The summed E-state index contributed by atoms with van der Waals surface area (Å²) in [5.41, 5.74) is 6.93. The van der Waals surface area contributed by atoms with E-state index in [-0.39, 0.29) is 17.4 Å². The van der Waals surface area contributed by atoms with Crippen LogP contribution in [0.15, 0.2) is 6.07 Å². The Hall–Kier alpha value is -0.380. The number of nitrogens with zero attached hydrogens (tertiary/aromatic N) is 2. The van der Waals surface area contributed by atoms with Gasteiger partial charge in [0.2, 0.25) is 0 Å². The van der Waals surface area contributed by atoms with Gasteiger partial charge in [0.1, 0.15) is 0 Å². The smallest absolute Gasteiger partial charge is 0.155 e. The van der Waals surface area contributed by atoms with Crippen molar-refractivity contribution < 1.29 is 0 Å². The Morgan fingerprint density at radius 1 is 1.36 bits per heavy atom. The van der Waals surface area contributed by atoms with Crippen LogP contribution >= 0.6 is 23.2 Å². The Kier molecular flexibility index (Phi) is 2.21. The molecule has 76 valence electrons. The van der Waals surface area contributed by atoms with Crippen molar-refractivity contribution in [2.24, 2.45) is 11.1 Å². The van der Waals surface area contributed by atoms with E-state index in [9.17, 15) is 0 Å². The van der Waals surface area contributed by atoms with E-state index in [1.54, 1.807) is 6.07 Å². The average molecular weight is 232 g/mol. The fourth-order valence-corrected chi connectivity index (χ4v) is 2.22. The van der Waals surface area contributed by atoms with E-state index in [1.165, 1.54) is 0 Å². The molecule has 0 amide bonds. The van der Waals surface area contributed by atoms with Crippen LogP contribution in [0.3, 0.4) is 0 Å². The van der Waals surface area contributed by atoms with E-state index in [1.807, 2.05) is 0 Å². The zero-order valence-electron chi connectivity index (χ0n) is 7.96. The predicted octanol–water partition coefficient (Wildman–Crippen LogP) is 2.23. The zero-order valence-corrected chi connectivity index (χ0v) is 9.47. The summed E-state index contributed by atoms with van der Waals surface area (Å²) in [5, 5.41) is 8.20. The quantitative estimate of drug-likeness (QED) is 0.807. The summed E-state index contributed by atoms with van der Waals surface area (Å²) in [7, 11) is 0. The molecule has 3 nitrogen and oxygen atoms in total. The molecule has 1 fully saturated rings. The molecule has 0 spiro atoms. The Balaban J connectivity index is 2.39. The van der Waals surface area contributed by atoms with Crippen molar-refractivity contribution in [1.82, 2.24) is 10.2 Å². The molecule has 0 unspecified atom stereocenters. The number of hydrogen-bond acceptors (Lipinski definition) is 3. The molecule has 2 N–H and O–H groups in total. The fraction of sp³-hybridized carbons (Fsp3) is 0.556. The minimum Gasteiger partial charge on any atom is -0.327 e. The zero-order chi connectivity index (χ0) is 10.5. The molecule has 0 aromatic carbocycles. The van der Waals surface area contributed by atoms with Gasteiger partial charge < -0.3 is 5.73 Å². The van der Waals surface area contributed by atoms with Crippen LogP contribution in [0.5, 0.6) is 0 Å². The van der Waals surface area contributed by atoms with Gasteiger partial charge >= 0.3 is 0 Å². The van der Waals surface area contributed by atoms with Crippen molar-refractivity contribution in [3.8, 4) is 0 Å². The highest BCUT2D eigenvalue weighted by molar-refractivity contribution is 6.31. The third kappa shape index (κ3) is 1.40. The van der Waals surface area contributed by atoms with Crippen molar-refractivity contribution >= 4 is 23.2 Å². The summed E-state index contributed by atoms with van der Waals surface area (Å²) in [6.45, 7) is 4.21. The van der Waals surface area contributed by atoms with Gasteiger partial charge in [0, 0.05) is 12.0 Å². The first-order valence-electron chi connectivity index (χ1n) is 4.39. The lowest BCUT2D eigenvalue weighted by atomic mass is 10.1. The van der Waals surface area contributed by atoms with Crippen LogP contribution in [0.4, 0.5) is 0 Å². The number of rotatable bonds is 1. The molecule has 1 aliphatic rings. The van der Waals surface area contributed by atoms with Crippen LogP contribution in [0.25, 0.3) is 0 Å². The van der Waals surface area contributed by atoms with Gasteiger partial charge in [-0.1, -0.05) is 37.0 Å². The summed E-state index contributed by atoms with van der Waals surface area (Å²) >= 11 is 11.7. The number of nitrogens with two attached hydrogens (primary N) is 1. The van der Waals surface area contributed by atoms with E-state index in [4.69, 9.17) is 28.9 Å². The molecule has 0 aliphatic heterocycles. The molecule has 5 heteroatoms. The molecule has 0 bridgehead atoms. The van der Waals surface area contributed by atoms with Crippen molar-refractivity contribution in [1.29, 1.82) is 0 Å². The second kappa shape index (κ2) is 3.05. The lowest BCUT2D eigenvalue weighted by Gasteiger charge is -2.03. The Morgan fingerprint density at radius 2 is 1.93 bits per heavy atom. The highest BCUT2D eigenvalue weighted by Crippen LogP contribution is 2.58. The second-order valence-corrected chi connectivity index (χ2v) is 4.98. The van der Waals surface area contributed by atoms with E-state index < -0.39 is 0 Å². The van der Waals surface area contributed by atoms with E-state index >= 15 is 0 Å². The van der Waals surface area contributed by atoms with Gasteiger partial charge in [-0.05, 0) is 17.0 Å². The molecule has 0 saturated heterocycles. The lowest BCUT2D eigenvalue weighted by molar-refractivity contribution is 0.598. The molecular formula is C9H11Cl2N3. The van der Waals surface area contributed by atoms with Crippen LogP contribution in [0.1, 0.15) is 25.3 Å². The highest BCUT2D eigenvalue weighted by Gasteiger charge is 2.57. The van der Waals surface area contributed by atoms with Gasteiger partial charge in [0.15, 0.2) is 10.3 Å². The Labute approximate surface area is 92.6 Å². The van der Waals surface area contributed by atoms with Crippen LogP contribution in [-0.4, -0.2) is 16.2 Å². The topological polar surface area (TPSA) is 51.8 Å². The first kappa shape index (κ1) is 10.1. The monoisotopic (exact) mass is 231 g/mol. The molecule has 1 aliphatic carbocycles. The summed E-state index contributed by atoms with van der Waals surface area (Å²) in [5.74, 6) is 0.239. The van der Waals surface area contributed by atoms with E-state index in [0.717, 1.165) is 5.56 Å². The summed E-state index contributed by atoms with van der Waals surface area (Å²) in [4.78, 5) is 0. The maximum absolute atomic E-state index is 5.95. The van der Waals surface area contributed by atoms with E-state index in [0.29, 0.717) is 10.3 Å². The molecule has 1 heterocycles. The maximum Gasteiger partial charge on any atom is 0.155 e. The summed E-state index contributed by atoms with van der Waals surface area (Å²) in [6.07, 6.45) is 0. The predicted molar refractivity (Wildman–Crippen MR) is 56.5 cm³/mol. The molecule has 2 atom stereocenters. The third-order valence-corrected chi connectivity index (χ3v) is 3.47. The maximum atomic E-state index is 5.95. The SMILES string of the molecule is CC1(C)[C@@H](N)[C@@H]1c1cc(Cl)nnc1Cl. The minimum atomic E-state index is 0.0794. The first-order valence-corrected chi connectivity index (χ1v) is 5.14. The molecule has 1 aromatic rings. The third-order valence-electron chi connectivity index (χ3n) is 2.99. The summed E-state index contributed by atoms with van der Waals surface area (Å²) < 4.78 is 0. The van der Waals surface area contributed by atoms with Gasteiger partial charge in [0.05, 0.1) is 0 Å². The van der Waals surface area contributed by atoms with Crippen molar-refractivity contribution in [3.05, 3.63) is 21.9 Å². The van der Waals surface area contributed by atoms with Crippen LogP contribution < -0.4 is 5.73 Å². The van der Waals surface area contributed by atoms with Crippen molar-refractivity contribution in [3.63, 3.8) is 0 Å². The number of aromatic nitrogens is 2. The largest absolute Gasteiger partial charge is 0.327 e. The Bertz CT molecular complexity index is 378. The first-order chi connectivity index (χ1) is 6.44. The van der Waals surface area contributed by atoms with Gasteiger partial charge in [0.25, 0.3) is 0 Å². The van der Waals surface area contributed by atoms with Crippen LogP contribution in [-0.2, 0) is 0 Å². The number of halogens is 2. The Morgan fingerprint density at radius 3 is 2.43 bits per heavy atom. The summed E-state index contributed by atoms with van der Waals surface area (Å²) in [6, 6.07) is 1.87. The molecular weight excluding hydrogens is 221 g/mol. The lowest BCUT2D eigenvalue weighted by Crippen LogP contribution is -2.06. The molecule has 0 radical (unpaired) electrons. The second-order valence-electron chi connectivity index (χ2n) is 4.24. The van der Waals surface area contributed by atoms with E-state index in [2.05, 4.69) is 24.0 Å². The van der Waals surface area contributed by atoms with Gasteiger partial charge in [-0.3, -0.25) is 0 Å². The van der Waals surface area contributed by atoms with Gasteiger partial charge in [-0.2, -0.15) is 0 Å². The minimum absolute atomic E-state index is 0.0794. The standard InChI is InChI=1S/C9H11Cl2N3/c1-9(2)6(7(9)12)4-3-5(10)13-14-8(4)11/h3,6-7H,12H2,1-2H3/t6-,7-/m0/s1. The van der Waals surface area contributed by atoms with Gasteiger partial charge in [-0.15, -0.1) is 10.2 Å². The van der Waals surface area contributed by atoms with Gasteiger partial charge in [-0.25, -0.2) is 0 Å². The van der Waals surface area contributed by atoms with Crippen molar-refractivity contribution in [2.75, 3.05) is 0 Å². The normalized spacial score (nSPS) is 28.9. The van der Waals surface area contributed by atoms with Crippen molar-refractivity contribution in [2.45, 2.75) is 25.8 Å². The fourth-order valence-electron chi connectivity index (χ4n) is 1.86. The van der Waals surface area contributed by atoms with Crippen LogP contribution in [0.2, 0.25) is 10.3 Å². The average Bonchev–Trinajstić information content (AvgIpc) is 2.58. The molecule has 2 rings (SSSR count). The molecule has 1 aromatic heterocycles.